The van der Waals surface area contributed by atoms with Crippen molar-refractivity contribution in [2.45, 2.75) is 6.61 Å². The number of esters is 1. The number of rotatable bonds is 7. The Hall–Kier alpha value is -4.02. The van der Waals surface area contributed by atoms with E-state index in [0.717, 1.165) is 12.1 Å². The van der Waals surface area contributed by atoms with E-state index in [4.69, 9.17) is 10.5 Å². The smallest absolute Gasteiger partial charge is 0.338 e. The predicted octanol–water partition coefficient (Wildman–Crippen LogP) is 2.00. The summed E-state index contributed by atoms with van der Waals surface area (Å²) in [6.45, 7) is -0.463. The van der Waals surface area contributed by atoms with Crippen LogP contribution >= 0.6 is 0 Å². The summed E-state index contributed by atoms with van der Waals surface area (Å²) in [6.07, 6.45) is 0. The van der Waals surface area contributed by atoms with Crippen LogP contribution in [-0.4, -0.2) is 28.8 Å². The van der Waals surface area contributed by atoms with E-state index in [0.29, 0.717) is 0 Å². The highest BCUT2D eigenvalue weighted by atomic mass is 16.6. The number of nitrogens with one attached hydrogen (secondary N) is 1. The van der Waals surface area contributed by atoms with Gasteiger partial charge < -0.3 is 15.8 Å². The number of anilines is 1. The first kappa shape index (κ1) is 19.3. The fourth-order valence-electron chi connectivity index (χ4n) is 2.26. The number of nitrogens with two attached hydrogens (primary N) is 1. The Morgan fingerprint density at radius 2 is 1.63 bits per heavy atom. The number of primary amides is 1. The monoisotopic (exact) mass is 374 g/mol. The number of hydrogen-bond donors (Lipinski definition) is 2. The Bertz CT molecular complexity index is 942. The molecule has 11 heteroatoms. The maximum Gasteiger partial charge on any atom is 0.338 e. The second-order valence-electron chi connectivity index (χ2n) is 5.28. The molecule has 11 nitrogen and oxygen atoms in total. The predicted molar refractivity (Wildman–Crippen MR) is 93.4 cm³/mol. The van der Waals surface area contributed by atoms with E-state index in [2.05, 4.69) is 5.32 Å². The van der Waals surface area contributed by atoms with Crippen molar-refractivity contribution >= 4 is 28.9 Å². The molecule has 0 saturated heterocycles. The number of nitro benzene ring substituents is 2. The first-order chi connectivity index (χ1) is 12.7. The van der Waals surface area contributed by atoms with Gasteiger partial charge in [-0.2, -0.15) is 0 Å². The molecule has 0 aliphatic heterocycles. The summed E-state index contributed by atoms with van der Waals surface area (Å²) in [4.78, 5) is 44.1. The zero-order valence-electron chi connectivity index (χ0n) is 14.0. The number of carbonyl (C=O) groups excluding carboxylic acids is 2. The maximum atomic E-state index is 12.1. The van der Waals surface area contributed by atoms with Gasteiger partial charge in [-0.1, -0.05) is 0 Å². The molecular formula is C16H14N4O7. The van der Waals surface area contributed by atoms with Gasteiger partial charge in [0.15, 0.2) is 0 Å². The fourth-order valence-corrected chi connectivity index (χ4v) is 2.26. The largest absolute Gasteiger partial charge is 0.457 e. The van der Waals surface area contributed by atoms with Crippen LogP contribution in [0.1, 0.15) is 26.3 Å². The van der Waals surface area contributed by atoms with Crippen LogP contribution in [-0.2, 0) is 11.3 Å². The number of amides is 1. The Morgan fingerprint density at radius 3 is 2.19 bits per heavy atom. The summed E-state index contributed by atoms with van der Waals surface area (Å²) in [7, 11) is 1.50. The van der Waals surface area contributed by atoms with Gasteiger partial charge in [0.1, 0.15) is 12.3 Å². The zero-order chi connectivity index (χ0) is 20.1. The lowest BCUT2D eigenvalue weighted by Gasteiger charge is -2.08. The number of ether oxygens (including phenoxy) is 1. The molecule has 0 unspecified atom stereocenters. The lowest BCUT2D eigenvalue weighted by molar-refractivity contribution is -0.385. The molecule has 3 N–H and O–H groups in total. The molecule has 2 rings (SSSR count). The molecule has 0 atom stereocenters. The summed E-state index contributed by atoms with van der Waals surface area (Å²) >= 11 is 0. The fraction of sp³-hybridized carbons (Fsp3) is 0.125. The van der Waals surface area contributed by atoms with Gasteiger partial charge in [0.2, 0.25) is 5.91 Å². The normalized spacial score (nSPS) is 10.1. The quantitative estimate of drug-likeness (QED) is 0.421. The average Bonchev–Trinajstić information content (AvgIpc) is 2.65. The highest BCUT2D eigenvalue weighted by molar-refractivity contribution is 5.93. The molecule has 2 aromatic carbocycles. The summed E-state index contributed by atoms with van der Waals surface area (Å²) in [5, 5.41) is 24.8. The summed E-state index contributed by atoms with van der Waals surface area (Å²) in [6, 6.07) is 7.21. The van der Waals surface area contributed by atoms with Gasteiger partial charge in [0.25, 0.3) is 11.4 Å². The van der Waals surface area contributed by atoms with E-state index >= 15 is 0 Å². The molecule has 0 radical (unpaired) electrons. The number of nitro groups is 2. The van der Waals surface area contributed by atoms with Crippen molar-refractivity contribution in [2.24, 2.45) is 5.73 Å². The van der Waals surface area contributed by atoms with E-state index in [-0.39, 0.29) is 28.1 Å². The molecular weight excluding hydrogens is 360 g/mol. The van der Waals surface area contributed by atoms with E-state index in [1.165, 1.54) is 31.3 Å². The van der Waals surface area contributed by atoms with Gasteiger partial charge in [-0.15, -0.1) is 0 Å². The van der Waals surface area contributed by atoms with Gasteiger partial charge in [-0.05, 0) is 24.3 Å². The molecule has 140 valence electrons. The molecule has 1 amide bonds. The van der Waals surface area contributed by atoms with Crippen molar-refractivity contribution in [3.63, 3.8) is 0 Å². The number of carbonyl (C=O) groups is 2. The van der Waals surface area contributed by atoms with Gasteiger partial charge in [0.05, 0.1) is 21.0 Å². The number of hydrogen-bond acceptors (Lipinski definition) is 8. The molecule has 0 heterocycles. The van der Waals surface area contributed by atoms with Crippen molar-refractivity contribution in [2.75, 3.05) is 12.4 Å². The van der Waals surface area contributed by atoms with Crippen LogP contribution in [0.4, 0.5) is 17.1 Å². The van der Waals surface area contributed by atoms with E-state index in [1.54, 1.807) is 0 Å². The average molecular weight is 374 g/mol. The molecule has 0 bridgehead atoms. The third kappa shape index (κ3) is 4.34. The molecule has 0 spiro atoms. The standard InChI is InChI=1S/C16H14N4O7/c1-18-12-5-4-10(7-14(12)20(25)26)16(22)27-8-11-3-2-9(15(17)21)6-13(11)19(23)24/h2-7,18H,8H2,1H3,(H2,17,21). The van der Waals surface area contributed by atoms with Crippen LogP contribution in [0, 0.1) is 20.2 Å². The molecule has 27 heavy (non-hydrogen) atoms. The van der Waals surface area contributed by atoms with Gasteiger partial charge in [0, 0.05) is 24.7 Å². The van der Waals surface area contributed by atoms with E-state index in [1.807, 2.05) is 0 Å². The first-order valence-corrected chi connectivity index (χ1v) is 7.45. The highest BCUT2D eigenvalue weighted by Gasteiger charge is 2.20. The van der Waals surface area contributed by atoms with Gasteiger partial charge in [-0.25, -0.2) is 4.79 Å². The van der Waals surface area contributed by atoms with Crippen LogP contribution in [0.15, 0.2) is 36.4 Å². The van der Waals surface area contributed by atoms with Crippen molar-refractivity contribution in [3.05, 3.63) is 73.3 Å². The molecule has 0 aliphatic carbocycles. The lowest BCUT2D eigenvalue weighted by Crippen LogP contribution is -2.12. The Labute approximate surface area is 152 Å². The van der Waals surface area contributed by atoms with Crippen LogP contribution in [0.2, 0.25) is 0 Å². The minimum Gasteiger partial charge on any atom is -0.457 e. The minimum absolute atomic E-state index is 0.0414. The minimum atomic E-state index is -0.894. The zero-order valence-corrected chi connectivity index (χ0v) is 14.0. The molecule has 2 aromatic rings. The lowest BCUT2D eigenvalue weighted by atomic mass is 10.1. The molecule has 0 aliphatic rings. The molecule has 0 fully saturated rings. The summed E-state index contributed by atoms with van der Waals surface area (Å²) in [5.74, 6) is -1.73. The van der Waals surface area contributed by atoms with E-state index < -0.39 is 34.0 Å². The SMILES string of the molecule is CNc1ccc(C(=O)OCc2ccc(C(N)=O)cc2[N+](=O)[O-])cc1[N+](=O)[O-]. The van der Waals surface area contributed by atoms with Gasteiger partial charge >= 0.3 is 5.97 Å². The second-order valence-corrected chi connectivity index (χ2v) is 5.28. The number of benzene rings is 2. The van der Waals surface area contributed by atoms with Crippen LogP contribution < -0.4 is 11.1 Å². The van der Waals surface area contributed by atoms with Crippen LogP contribution in [0.25, 0.3) is 0 Å². The molecule has 0 saturated carbocycles. The maximum absolute atomic E-state index is 12.1. The van der Waals surface area contributed by atoms with Crippen molar-refractivity contribution in [1.82, 2.24) is 0 Å². The van der Waals surface area contributed by atoms with E-state index in [9.17, 15) is 29.8 Å². The Kier molecular flexibility index (Phi) is 5.65. The third-order valence-electron chi connectivity index (χ3n) is 3.62. The van der Waals surface area contributed by atoms with Crippen molar-refractivity contribution < 1.29 is 24.2 Å². The summed E-state index contributed by atoms with van der Waals surface area (Å²) < 4.78 is 5.01. The number of nitrogens with zero attached hydrogens (tertiary/aromatic N) is 2. The first-order valence-electron chi connectivity index (χ1n) is 7.45. The highest BCUT2D eigenvalue weighted by Crippen LogP contribution is 2.26. The van der Waals surface area contributed by atoms with Crippen molar-refractivity contribution in [1.29, 1.82) is 0 Å². The van der Waals surface area contributed by atoms with Crippen molar-refractivity contribution in [3.8, 4) is 0 Å². The van der Waals surface area contributed by atoms with Gasteiger partial charge in [-0.3, -0.25) is 25.0 Å². The second kappa shape index (κ2) is 7.91. The van der Waals surface area contributed by atoms with Crippen LogP contribution in [0.3, 0.4) is 0 Å². The molecule has 0 aromatic heterocycles. The Morgan fingerprint density at radius 1 is 1.04 bits per heavy atom. The Balaban J connectivity index is 2.23. The summed E-state index contributed by atoms with van der Waals surface area (Å²) in [5.41, 5.74) is 4.45. The topological polar surface area (TPSA) is 168 Å². The third-order valence-corrected chi connectivity index (χ3v) is 3.62. The van der Waals surface area contributed by atoms with Crippen LogP contribution in [0.5, 0.6) is 0 Å².